The van der Waals surface area contributed by atoms with Crippen molar-refractivity contribution in [1.82, 2.24) is 0 Å². The van der Waals surface area contributed by atoms with Crippen LogP contribution in [0.1, 0.15) is 11.1 Å². The Morgan fingerprint density at radius 3 is 2.36 bits per heavy atom. The molecule has 1 aromatic carbocycles. The molecular formula is C9H11IZn. The van der Waals surface area contributed by atoms with E-state index >= 15 is 0 Å². The zero-order valence-corrected chi connectivity index (χ0v) is 11.9. The van der Waals surface area contributed by atoms with Gasteiger partial charge in [0.05, 0.1) is 0 Å². The van der Waals surface area contributed by atoms with Crippen molar-refractivity contribution >= 4 is 0 Å². The van der Waals surface area contributed by atoms with E-state index in [0.29, 0.717) is 0 Å². The van der Waals surface area contributed by atoms with Gasteiger partial charge in [-0.1, -0.05) is 35.4 Å². The average molecular weight is 311 g/mol. The van der Waals surface area contributed by atoms with Crippen molar-refractivity contribution < 1.29 is 43.5 Å². The molecule has 0 unspecified atom stereocenters. The maximum atomic E-state index is 3.80. The van der Waals surface area contributed by atoms with Gasteiger partial charge in [-0.3, -0.25) is 0 Å². The summed E-state index contributed by atoms with van der Waals surface area (Å²) < 4.78 is 0. The molecule has 0 aliphatic rings. The molecule has 0 radical (unpaired) electrons. The molecule has 0 saturated carbocycles. The zero-order chi connectivity index (χ0) is 6.69. The van der Waals surface area contributed by atoms with E-state index in [1.54, 1.807) is 0 Å². The number of benzene rings is 1. The zero-order valence-electron chi connectivity index (χ0n) is 6.81. The summed E-state index contributed by atoms with van der Waals surface area (Å²) in [7, 11) is 0. The minimum atomic E-state index is 0. The third-order valence-electron chi connectivity index (χ3n) is 1.37. The molecule has 0 nitrogen and oxygen atoms in total. The van der Waals surface area contributed by atoms with E-state index in [1.165, 1.54) is 11.1 Å². The fraction of sp³-hybridized carbons (Fsp3) is 0.222. The molecule has 0 heterocycles. The third kappa shape index (κ3) is 4.92. The molecule has 0 N–H and O–H groups in total. The van der Waals surface area contributed by atoms with Crippen LogP contribution in [0.2, 0.25) is 0 Å². The Balaban J connectivity index is 0. The molecule has 2 heteroatoms. The molecule has 0 fully saturated rings. The molecule has 1 rings (SSSR count). The molecule has 1 aromatic rings. The Kier molecular flexibility index (Phi) is 9.29. The summed E-state index contributed by atoms with van der Waals surface area (Å²) in [6.07, 6.45) is 0.891. The summed E-state index contributed by atoms with van der Waals surface area (Å²) in [5.74, 6) is 0. The minimum absolute atomic E-state index is 0. The van der Waals surface area contributed by atoms with Crippen LogP contribution in [0.4, 0.5) is 0 Å². The number of halogens is 1. The van der Waals surface area contributed by atoms with Crippen LogP contribution in [0.5, 0.6) is 0 Å². The van der Waals surface area contributed by atoms with Gasteiger partial charge in [0, 0.05) is 0 Å². The molecule has 0 aliphatic carbocycles. The van der Waals surface area contributed by atoms with Crippen LogP contribution < -0.4 is 24.0 Å². The second kappa shape index (κ2) is 7.23. The first-order valence-corrected chi connectivity index (χ1v) is 3.17. The molecule has 0 amide bonds. The molecule has 56 valence electrons. The summed E-state index contributed by atoms with van der Waals surface area (Å²) in [5, 5.41) is 0. The van der Waals surface area contributed by atoms with Gasteiger partial charge in [0.1, 0.15) is 0 Å². The number of aryl methyl sites for hydroxylation is 1. The predicted octanol–water partition coefficient (Wildman–Crippen LogP) is -0.627. The molecular weight excluding hydrogens is 300 g/mol. The van der Waals surface area contributed by atoms with Gasteiger partial charge in [-0.2, -0.15) is 6.42 Å². The number of rotatable bonds is 1. The summed E-state index contributed by atoms with van der Waals surface area (Å²) in [6, 6.07) is 8.42. The van der Waals surface area contributed by atoms with Crippen LogP contribution in [0.15, 0.2) is 24.3 Å². The van der Waals surface area contributed by atoms with Crippen LogP contribution in [0.25, 0.3) is 0 Å². The van der Waals surface area contributed by atoms with E-state index in [-0.39, 0.29) is 43.5 Å². The van der Waals surface area contributed by atoms with E-state index < -0.39 is 0 Å². The Hall–Kier alpha value is 0.573. The van der Waals surface area contributed by atoms with E-state index in [1.807, 2.05) is 0 Å². The van der Waals surface area contributed by atoms with Gasteiger partial charge in [-0.05, 0) is 6.92 Å². The Morgan fingerprint density at radius 2 is 2.00 bits per heavy atom. The Bertz CT molecular complexity index is 199. The van der Waals surface area contributed by atoms with E-state index in [4.69, 9.17) is 0 Å². The standard InChI is InChI=1S/C9H11.HI.Zn/c1-3-9-6-4-5-8(2)7-9;;/h4-7H,1,3H2,2H3;1H;/q-1;;+2/p-1. The van der Waals surface area contributed by atoms with Crippen molar-refractivity contribution in [2.45, 2.75) is 13.3 Å². The fourth-order valence-electron chi connectivity index (χ4n) is 0.868. The molecule has 11 heavy (non-hydrogen) atoms. The Morgan fingerprint density at radius 1 is 1.36 bits per heavy atom. The first-order chi connectivity index (χ1) is 4.33. The van der Waals surface area contributed by atoms with Crippen LogP contribution in [-0.2, 0) is 25.9 Å². The second-order valence-corrected chi connectivity index (χ2v) is 2.24. The molecule has 0 aliphatic heterocycles. The topological polar surface area (TPSA) is 0 Å². The summed E-state index contributed by atoms with van der Waals surface area (Å²) in [5.41, 5.74) is 2.63. The smallest absolute Gasteiger partial charge is 1.00 e. The predicted molar refractivity (Wildman–Crippen MR) is 40.2 cm³/mol. The van der Waals surface area contributed by atoms with Gasteiger partial charge in [-0.15, -0.1) is 0 Å². The number of hydrogen-bond donors (Lipinski definition) is 0. The molecule has 0 saturated heterocycles. The van der Waals surface area contributed by atoms with Crippen LogP contribution in [-0.4, -0.2) is 0 Å². The quantitative estimate of drug-likeness (QED) is 0.368. The first kappa shape index (κ1) is 14.1. The average Bonchev–Trinajstić information content (AvgIpc) is 1.88. The summed E-state index contributed by atoms with van der Waals surface area (Å²) in [4.78, 5) is 0. The van der Waals surface area contributed by atoms with Crippen molar-refractivity contribution in [2.24, 2.45) is 0 Å². The van der Waals surface area contributed by atoms with Gasteiger partial charge < -0.3 is 30.9 Å². The number of hydrogen-bond acceptors (Lipinski definition) is 0. The van der Waals surface area contributed by atoms with Gasteiger partial charge >= 0.3 is 19.5 Å². The van der Waals surface area contributed by atoms with E-state index in [2.05, 4.69) is 38.1 Å². The van der Waals surface area contributed by atoms with Gasteiger partial charge in [0.15, 0.2) is 0 Å². The van der Waals surface area contributed by atoms with Crippen molar-refractivity contribution in [1.29, 1.82) is 0 Å². The van der Waals surface area contributed by atoms with Crippen LogP contribution in [0.3, 0.4) is 0 Å². The Labute approximate surface area is 98.6 Å². The fourth-order valence-corrected chi connectivity index (χ4v) is 0.868. The first-order valence-electron chi connectivity index (χ1n) is 3.17. The SMILES string of the molecule is [CH2-]Cc1cccc(C)c1.[I-].[Zn+2]. The minimum Gasteiger partial charge on any atom is -1.00 e. The van der Waals surface area contributed by atoms with Crippen molar-refractivity contribution in [3.05, 3.63) is 42.3 Å². The molecule has 0 bridgehead atoms. The van der Waals surface area contributed by atoms with E-state index in [0.717, 1.165) is 6.42 Å². The van der Waals surface area contributed by atoms with Crippen molar-refractivity contribution in [2.75, 3.05) is 0 Å². The maximum Gasteiger partial charge on any atom is 2.00 e. The van der Waals surface area contributed by atoms with Crippen LogP contribution in [0, 0.1) is 13.8 Å². The van der Waals surface area contributed by atoms with Crippen molar-refractivity contribution in [3.63, 3.8) is 0 Å². The maximum absolute atomic E-state index is 3.80. The monoisotopic (exact) mass is 310 g/mol. The van der Waals surface area contributed by atoms with Gasteiger partial charge in [0.2, 0.25) is 0 Å². The third-order valence-corrected chi connectivity index (χ3v) is 1.37. The molecule has 0 aromatic heterocycles. The molecule has 0 spiro atoms. The van der Waals surface area contributed by atoms with E-state index in [9.17, 15) is 0 Å². The molecule has 0 atom stereocenters. The largest absolute Gasteiger partial charge is 2.00 e. The normalized spacial score (nSPS) is 7.82. The van der Waals surface area contributed by atoms with Crippen molar-refractivity contribution in [3.8, 4) is 0 Å². The van der Waals surface area contributed by atoms with Gasteiger partial charge in [-0.25, -0.2) is 0 Å². The van der Waals surface area contributed by atoms with Crippen LogP contribution >= 0.6 is 0 Å². The summed E-state index contributed by atoms with van der Waals surface area (Å²) >= 11 is 0. The van der Waals surface area contributed by atoms with Gasteiger partial charge in [0.25, 0.3) is 0 Å². The summed E-state index contributed by atoms with van der Waals surface area (Å²) in [6.45, 7) is 5.89. The second-order valence-electron chi connectivity index (χ2n) is 2.24.